The van der Waals surface area contributed by atoms with Gasteiger partial charge >= 0.3 is 11.6 Å². The van der Waals surface area contributed by atoms with Gasteiger partial charge in [0.2, 0.25) is 5.82 Å². The number of aromatic nitrogens is 3. The highest BCUT2D eigenvalue weighted by Gasteiger charge is 2.25. The fourth-order valence-corrected chi connectivity index (χ4v) is 2.28. The summed E-state index contributed by atoms with van der Waals surface area (Å²) in [4.78, 5) is 22.9. The number of benzene rings is 1. The van der Waals surface area contributed by atoms with Gasteiger partial charge in [-0.1, -0.05) is 32.0 Å². The lowest BCUT2D eigenvalue weighted by molar-refractivity contribution is -0.385. The molecular formula is C18H17N5O3. The van der Waals surface area contributed by atoms with Crippen molar-refractivity contribution < 1.29 is 9.66 Å². The number of pyridine rings is 1. The van der Waals surface area contributed by atoms with E-state index in [-0.39, 0.29) is 17.4 Å². The monoisotopic (exact) mass is 351 g/mol. The van der Waals surface area contributed by atoms with Gasteiger partial charge in [0.05, 0.1) is 4.92 Å². The highest BCUT2D eigenvalue weighted by molar-refractivity contribution is 5.67. The molecule has 0 amide bonds. The van der Waals surface area contributed by atoms with E-state index < -0.39 is 4.92 Å². The van der Waals surface area contributed by atoms with Crippen molar-refractivity contribution in [1.29, 1.82) is 0 Å². The number of hydrogen-bond donors (Lipinski definition) is 1. The first-order valence-corrected chi connectivity index (χ1v) is 8.00. The first-order chi connectivity index (χ1) is 12.5. The van der Waals surface area contributed by atoms with E-state index in [4.69, 9.17) is 4.74 Å². The van der Waals surface area contributed by atoms with Crippen molar-refractivity contribution in [3.05, 3.63) is 70.7 Å². The molecule has 0 aliphatic rings. The Labute approximate surface area is 150 Å². The average Bonchev–Trinajstić information content (AvgIpc) is 2.63. The van der Waals surface area contributed by atoms with E-state index >= 15 is 0 Å². The number of hydrogen-bond acceptors (Lipinski definition) is 7. The zero-order valence-electron chi connectivity index (χ0n) is 14.3. The van der Waals surface area contributed by atoms with E-state index in [1.807, 2.05) is 12.1 Å². The summed E-state index contributed by atoms with van der Waals surface area (Å²) in [5.41, 5.74) is 0.790. The van der Waals surface area contributed by atoms with E-state index in [9.17, 15) is 10.1 Å². The van der Waals surface area contributed by atoms with Crippen LogP contribution in [0.2, 0.25) is 0 Å². The topological polar surface area (TPSA) is 103 Å². The van der Waals surface area contributed by atoms with Crippen molar-refractivity contribution in [1.82, 2.24) is 15.0 Å². The molecule has 2 aromatic heterocycles. The highest BCUT2D eigenvalue weighted by atomic mass is 16.6. The molecule has 8 heteroatoms. The maximum absolute atomic E-state index is 11.6. The van der Waals surface area contributed by atoms with Crippen LogP contribution in [0.5, 0.6) is 11.6 Å². The molecule has 1 aromatic carbocycles. The molecule has 8 nitrogen and oxygen atoms in total. The van der Waals surface area contributed by atoms with Crippen molar-refractivity contribution in [2.24, 2.45) is 0 Å². The summed E-state index contributed by atoms with van der Waals surface area (Å²) in [5.74, 6) is 1.14. The molecule has 1 N–H and O–H groups in total. The van der Waals surface area contributed by atoms with Gasteiger partial charge in [-0.25, -0.2) is 9.97 Å². The summed E-state index contributed by atoms with van der Waals surface area (Å²) in [6, 6.07) is 12.5. The summed E-state index contributed by atoms with van der Waals surface area (Å²) in [5, 5.41) is 14.4. The minimum Gasteiger partial charge on any atom is -0.434 e. The maximum Gasteiger partial charge on any atom is 0.373 e. The Morgan fingerprint density at radius 3 is 2.46 bits per heavy atom. The molecule has 2 heterocycles. The van der Waals surface area contributed by atoms with Crippen LogP contribution in [-0.4, -0.2) is 19.9 Å². The lowest BCUT2D eigenvalue weighted by Gasteiger charge is -2.10. The predicted molar refractivity (Wildman–Crippen MR) is 96.8 cm³/mol. The molecular weight excluding hydrogens is 334 g/mol. The quantitative estimate of drug-likeness (QED) is 0.517. The average molecular weight is 351 g/mol. The van der Waals surface area contributed by atoms with Crippen LogP contribution in [0.3, 0.4) is 0 Å². The van der Waals surface area contributed by atoms with Crippen LogP contribution < -0.4 is 10.1 Å². The summed E-state index contributed by atoms with van der Waals surface area (Å²) in [7, 11) is 0. The smallest absolute Gasteiger partial charge is 0.373 e. The lowest BCUT2D eigenvalue weighted by Crippen LogP contribution is -2.04. The lowest BCUT2D eigenvalue weighted by atomic mass is 10.0. The Morgan fingerprint density at radius 1 is 1.08 bits per heavy atom. The SMILES string of the molecule is CC(C)c1ccc(Oc2ncnc(Nc3ccccn3)c2[N+](=O)[O-])cc1. The van der Waals surface area contributed by atoms with Gasteiger partial charge in [-0.15, -0.1) is 0 Å². The third-order valence-electron chi connectivity index (χ3n) is 3.64. The van der Waals surface area contributed by atoms with Gasteiger partial charge in [-0.2, -0.15) is 4.98 Å². The Balaban J connectivity index is 1.91. The summed E-state index contributed by atoms with van der Waals surface area (Å²) < 4.78 is 5.63. The summed E-state index contributed by atoms with van der Waals surface area (Å²) >= 11 is 0. The van der Waals surface area contributed by atoms with E-state index in [1.165, 1.54) is 6.33 Å². The van der Waals surface area contributed by atoms with E-state index in [1.54, 1.807) is 36.5 Å². The summed E-state index contributed by atoms with van der Waals surface area (Å²) in [6.45, 7) is 4.17. The van der Waals surface area contributed by atoms with Gasteiger partial charge in [-0.3, -0.25) is 10.1 Å². The molecule has 0 aliphatic carbocycles. The van der Waals surface area contributed by atoms with Crippen molar-refractivity contribution >= 4 is 17.3 Å². The number of nitrogens with zero attached hydrogens (tertiary/aromatic N) is 4. The molecule has 0 radical (unpaired) electrons. The van der Waals surface area contributed by atoms with Crippen molar-refractivity contribution in [3.63, 3.8) is 0 Å². The Hall–Kier alpha value is -3.55. The standard InChI is InChI=1S/C18H17N5O3/c1-12(2)13-6-8-14(9-7-13)26-18-16(23(24)25)17(20-11-21-18)22-15-5-3-4-10-19-15/h3-12H,1-2H3,(H,19,20,21,22). The van der Waals surface area contributed by atoms with Gasteiger partial charge in [0.25, 0.3) is 0 Å². The van der Waals surface area contributed by atoms with Crippen molar-refractivity contribution in [2.75, 3.05) is 5.32 Å². The molecule has 0 saturated carbocycles. The third-order valence-corrected chi connectivity index (χ3v) is 3.64. The molecule has 0 saturated heterocycles. The van der Waals surface area contributed by atoms with E-state index in [2.05, 4.69) is 34.1 Å². The van der Waals surface area contributed by atoms with Crippen molar-refractivity contribution in [3.8, 4) is 11.6 Å². The van der Waals surface area contributed by atoms with Crippen LogP contribution in [0.15, 0.2) is 55.0 Å². The minimum absolute atomic E-state index is 0.0116. The van der Waals surface area contributed by atoms with Crippen molar-refractivity contribution in [2.45, 2.75) is 19.8 Å². The van der Waals surface area contributed by atoms with Crippen LogP contribution in [0, 0.1) is 10.1 Å². The predicted octanol–water partition coefficient (Wildman–Crippen LogP) is 4.44. The Bertz CT molecular complexity index is 898. The number of nitrogens with one attached hydrogen (secondary N) is 1. The molecule has 3 aromatic rings. The van der Waals surface area contributed by atoms with Gasteiger partial charge in [0, 0.05) is 6.20 Å². The number of rotatable bonds is 6. The maximum atomic E-state index is 11.6. The Kier molecular flexibility index (Phi) is 5.02. The second kappa shape index (κ2) is 7.56. The second-order valence-electron chi connectivity index (χ2n) is 5.80. The molecule has 0 unspecified atom stereocenters. The van der Waals surface area contributed by atoms with E-state index in [0.717, 1.165) is 5.56 Å². The van der Waals surface area contributed by atoms with Gasteiger partial charge in [0.15, 0.2) is 0 Å². The summed E-state index contributed by atoms with van der Waals surface area (Å²) in [6.07, 6.45) is 2.78. The van der Waals surface area contributed by atoms with Crippen LogP contribution in [-0.2, 0) is 0 Å². The van der Waals surface area contributed by atoms with Gasteiger partial charge in [-0.05, 0) is 35.7 Å². The second-order valence-corrected chi connectivity index (χ2v) is 5.80. The highest BCUT2D eigenvalue weighted by Crippen LogP contribution is 2.35. The van der Waals surface area contributed by atoms with Crippen LogP contribution >= 0.6 is 0 Å². The minimum atomic E-state index is -0.580. The number of anilines is 2. The largest absolute Gasteiger partial charge is 0.434 e. The Morgan fingerprint density at radius 2 is 1.85 bits per heavy atom. The molecule has 132 valence electrons. The first-order valence-electron chi connectivity index (χ1n) is 8.00. The normalized spacial score (nSPS) is 10.6. The van der Waals surface area contributed by atoms with Gasteiger partial charge in [0.1, 0.15) is 17.9 Å². The number of ether oxygens (including phenoxy) is 1. The molecule has 3 rings (SSSR count). The first kappa shape index (κ1) is 17.3. The van der Waals surface area contributed by atoms with E-state index in [0.29, 0.717) is 17.5 Å². The van der Waals surface area contributed by atoms with Crippen LogP contribution in [0.4, 0.5) is 17.3 Å². The molecule has 0 atom stereocenters. The molecule has 0 spiro atoms. The van der Waals surface area contributed by atoms with Crippen LogP contribution in [0.1, 0.15) is 25.3 Å². The van der Waals surface area contributed by atoms with Gasteiger partial charge < -0.3 is 10.1 Å². The molecule has 0 aliphatic heterocycles. The zero-order chi connectivity index (χ0) is 18.5. The third kappa shape index (κ3) is 3.92. The molecule has 0 fully saturated rings. The molecule has 0 bridgehead atoms. The molecule has 26 heavy (non-hydrogen) atoms. The zero-order valence-corrected chi connectivity index (χ0v) is 14.3. The fourth-order valence-electron chi connectivity index (χ4n) is 2.28. The van der Waals surface area contributed by atoms with Crippen LogP contribution in [0.25, 0.3) is 0 Å². The fraction of sp³-hybridized carbons (Fsp3) is 0.167. The number of nitro groups is 1.